The second kappa shape index (κ2) is 3.38. The topological polar surface area (TPSA) is 57.6 Å². The lowest BCUT2D eigenvalue weighted by molar-refractivity contribution is -0.116. The van der Waals surface area contributed by atoms with E-state index in [0.29, 0.717) is 6.54 Å². The predicted octanol–water partition coefficient (Wildman–Crippen LogP) is 1.29. The molecule has 0 aliphatic carbocycles. The van der Waals surface area contributed by atoms with Gasteiger partial charge in [0.05, 0.1) is 5.56 Å². The highest BCUT2D eigenvalue weighted by atomic mass is 16.4. The Balaban J connectivity index is 2.46. The fourth-order valence-corrected chi connectivity index (χ4v) is 1.84. The van der Waals surface area contributed by atoms with Crippen LogP contribution in [-0.2, 0) is 11.2 Å². The van der Waals surface area contributed by atoms with Crippen LogP contribution in [0.1, 0.15) is 22.8 Å². The number of carboxylic acid groups (broad SMARTS) is 1. The van der Waals surface area contributed by atoms with E-state index in [-0.39, 0.29) is 11.5 Å². The summed E-state index contributed by atoms with van der Waals surface area (Å²) >= 11 is 0. The van der Waals surface area contributed by atoms with Crippen LogP contribution in [0.5, 0.6) is 0 Å². The number of anilines is 1. The van der Waals surface area contributed by atoms with Crippen molar-refractivity contribution in [2.45, 2.75) is 13.3 Å². The van der Waals surface area contributed by atoms with Gasteiger partial charge in [0.1, 0.15) is 0 Å². The molecule has 1 aromatic carbocycles. The summed E-state index contributed by atoms with van der Waals surface area (Å²) in [6.45, 7) is 2.14. The third-order valence-corrected chi connectivity index (χ3v) is 2.61. The van der Waals surface area contributed by atoms with Gasteiger partial charge in [0.2, 0.25) is 5.91 Å². The zero-order valence-corrected chi connectivity index (χ0v) is 8.36. The summed E-state index contributed by atoms with van der Waals surface area (Å²) in [6, 6.07) is 4.92. The van der Waals surface area contributed by atoms with Crippen molar-refractivity contribution in [1.82, 2.24) is 0 Å². The molecule has 2 rings (SSSR count). The fraction of sp³-hybridized carbons (Fsp3) is 0.273. The third kappa shape index (κ3) is 1.58. The van der Waals surface area contributed by atoms with Crippen molar-refractivity contribution >= 4 is 17.6 Å². The lowest BCUT2D eigenvalue weighted by atomic mass is 10.1. The number of aromatic carboxylic acids is 1. The molecule has 0 saturated carbocycles. The highest BCUT2D eigenvalue weighted by Gasteiger charge is 2.22. The maximum Gasteiger partial charge on any atom is 0.335 e. The number of carbonyl (C=O) groups excluding carboxylic acids is 1. The number of carboxylic acids is 1. The smallest absolute Gasteiger partial charge is 0.335 e. The average Bonchev–Trinajstić information content (AvgIpc) is 2.59. The van der Waals surface area contributed by atoms with Crippen LogP contribution in [0, 0.1) is 0 Å². The largest absolute Gasteiger partial charge is 0.478 e. The van der Waals surface area contributed by atoms with Gasteiger partial charge in [-0.3, -0.25) is 4.79 Å². The summed E-state index contributed by atoms with van der Waals surface area (Å²) in [5, 5.41) is 8.84. The molecule has 0 atom stereocenters. The predicted molar refractivity (Wildman–Crippen MR) is 55.1 cm³/mol. The standard InChI is InChI=1S/C11H11NO3/c1-7(13)12-5-4-8-2-3-9(11(14)15)6-10(8)12/h2-3,6H,4-5H2,1H3,(H,14,15). The first-order valence-electron chi connectivity index (χ1n) is 4.74. The summed E-state index contributed by atoms with van der Waals surface area (Å²) in [7, 11) is 0. The molecule has 1 heterocycles. The molecule has 1 aromatic rings. The van der Waals surface area contributed by atoms with Crippen molar-refractivity contribution in [3.63, 3.8) is 0 Å². The zero-order valence-electron chi connectivity index (χ0n) is 8.36. The van der Waals surface area contributed by atoms with Crippen molar-refractivity contribution in [1.29, 1.82) is 0 Å². The van der Waals surface area contributed by atoms with Gasteiger partial charge >= 0.3 is 5.97 Å². The van der Waals surface area contributed by atoms with Gasteiger partial charge in [-0.2, -0.15) is 0 Å². The molecule has 0 spiro atoms. The molecule has 1 aliphatic heterocycles. The second-order valence-electron chi connectivity index (χ2n) is 3.57. The van der Waals surface area contributed by atoms with Crippen molar-refractivity contribution in [3.8, 4) is 0 Å². The second-order valence-corrected chi connectivity index (χ2v) is 3.57. The van der Waals surface area contributed by atoms with Crippen LogP contribution >= 0.6 is 0 Å². The Bertz CT molecular complexity index is 439. The van der Waals surface area contributed by atoms with E-state index in [9.17, 15) is 9.59 Å². The van der Waals surface area contributed by atoms with Gasteiger partial charge < -0.3 is 10.0 Å². The Morgan fingerprint density at radius 1 is 1.40 bits per heavy atom. The zero-order chi connectivity index (χ0) is 11.0. The van der Waals surface area contributed by atoms with E-state index in [1.54, 1.807) is 23.1 Å². The first-order chi connectivity index (χ1) is 7.09. The number of rotatable bonds is 1. The number of nitrogens with zero attached hydrogens (tertiary/aromatic N) is 1. The van der Waals surface area contributed by atoms with Crippen LogP contribution in [-0.4, -0.2) is 23.5 Å². The Labute approximate surface area is 87.1 Å². The van der Waals surface area contributed by atoms with Gasteiger partial charge in [-0.25, -0.2) is 4.79 Å². The molecule has 4 heteroatoms. The third-order valence-electron chi connectivity index (χ3n) is 2.61. The number of benzene rings is 1. The van der Waals surface area contributed by atoms with Crippen LogP contribution in [0.25, 0.3) is 0 Å². The van der Waals surface area contributed by atoms with Gasteiger partial charge in [-0.05, 0) is 24.1 Å². The first-order valence-corrected chi connectivity index (χ1v) is 4.74. The van der Waals surface area contributed by atoms with E-state index in [2.05, 4.69) is 0 Å². The van der Waals surface area contributed by atoms with Gasteiger partial charge in [-0.15, -0.1) is 0 Å². The van der Waals surface area contributed by atoms with Gasteiger partial charge in [-0.1, -0.05) is 6.07 Å². The van der Waals surface area contributed by atoms with Gasteiger partial charge in [0.25, 0.3) is 0 Å². The average molecular weight is 205 g/mol. The molecule has 1 amide bonds. The minimum atomic E-state index is -0.965. The number of hydrogen-bond acceptors (Lipinski definition) is 2. The van der Waals surface area contributed by atoms with Crippen molar-refractivity contribution < 1.29 is 14.7 Å². The molecule has 0 fully saturated rings. The molecule has 0 radical (unpaired) electrons. The summed E-state index contributed by atoms with van der Waals surface area (Å²) in [5.41, 5.74) is 2.00. The summed E-state index contributed by atoms with van der Waals surface area (Å²) in [5.74, 6) is -1.01. The van der Waals surface area contributed by atoms with Gasteiger partial charge in [0, 0.05) is 19.2 Å². The van der Waals surface area contributed by atoms with Crippen LogP contribution < -0.4 is 4.90 Å². The molecular formula is C11H11NO3. The molecule has 0 bridgehead atoms. The number of carbonyl (C=O) groups is 2. The lowest BCUT2D eigenvalue weighted by Gasteiger charge is -2.14. The van der Waals surface area contributed by atoms with Gasteiger partial charge in [0.15, 0.2) is 0 Å². The molecule has 15 heavy (non-hydrogen) atoms. The maximum absolute atomic E-state index is 11.3. The molecule has 4 nitrogen and oxygen atoms in total. The molecule has 78 valence electrons. The Kier molecular flexibility index (Phi) is 2.19. The number of amides is 1. The molecular weight excluding hydrogens is 194 g/mol. The maximum atomic E-state index is 11.3. The minimum absolute atomic E-state index is 0.0451. The normalized spacial score (nSPS) is 13.8. The van der Waals surface area contributed by atoms with Crippen molar-refractivity contribution in [3.05, 3.63) is 29.3 Å². The van der Waals surface area contributed by atoms with E-state index in [0.717, 1.165) is 17.7 Å². The van der Waals surface area contributed by atoms with E-state index >= 15 is 0 Å². The molecule has 1 N–H and O–H groups in total. The molecule has 0 aromatic heterocycles. The van der Waals surface area contributed by atoms with E-state index in [1.165, 1.54) is 6.92 Å². The van der Waals surface area contributed by atoms with E-state index in [1.807, 2.05) is 0 Å². The van der Waals surface area contributed by atoms with E-state index in [4.69, 9.17) is 5.11 Å². The van der Waals surface area contributed by atoms with Crippen LogP contribution in [0.4, 0.5) is 5.69 Å². The monoisotopic (exact) mass is 205 g/mol. The van der Waals surface area contributed by atoms with E-state index < -0.39 is 5.97 Å². The minimum Gasteiger partial charge on any atom is -0.478 e. The SMILES string of the molecule is CC(=O)N1CCc2ccc(C(=O)O)cc21. The summed E-state index contributed by atoms with van der Waals surface area (Å²) in [6.07, 6.45) is 0.800. The molecule has 0 saturated heterocycles. The van der Waals surface area contributed by atoms with Crippen molar-refractivity contribution in [2.24, 2.45) is 0 Å². The summed E-state index contributed by atoms with van der Waals surface area (Å²) < 4.78 is 0. The van der Waals surface area contributed by atoms with Crippen LogP contribution in [0.2, 0.25) is 0 Å². The number of hydrogen-bond donors (Lipinski definition) is 1. The first kappa shape index (κ1) is 9.71. The number of fused-ring (bicyclic) bond motifs is 1. The quantitative estimate of drug-likeness (QED) is 0.751. The lowest BCUT2D eigenvalue weighted by Crippen LogP contribution is -2.25. The Morgan fingerprint density at radius 2 is 2.13 bits per heavy atom. The highest BCUT2D eigenvalue weighted by Crippen LogP contribution is 2.28. The molecule has 1 aliphatic rings. The fourth-order valence-electron chi connectivity index (χ4n) is 1.84. The highest BCUT2D eigenvalue weighted by molar-refractivity contribution is 5.96. The Morgan fingerprint density at radius 3 is 2.73 bits per heavy atom. The Hall–Kier alpha value is -1.84. The molecule has 0 unspecified atom stereocenters. The van der Waals surface area contributed by atoms with Crippen molar-refractivity contribution in [2.75, 3.05) is 11.4 Å². The van der Waals surface area contributed by atoms with Crippen LogP contribution in [0.3, 0.4) is 0 Å². The summed E-state index contributed by atoms with van der Waals surface area (Å²) in [4.78, 5) is 23.7. The van der Waals surface area contributed by atoms with Crippen LogP contribution in [0.15, 0.2) is 18.2 Å².